The third kappa shape index (κ3) is 8.32. The summed E-state index contributed by atoms with van der Waals surface area (Å²) in [4.78, 5) is 68.9. The van der Waals surface area contributed by atoms with Crippen LogP contribution < -0.4 is 15.1 Å². The van der Waals surface area contributed by atoms with E-state index in [1.807, 2.05) is 44.2 Å². The average molecular weight is 610 g/mol. The Hall–Kier alpha value is -4.49. The molecular weight excluding hydrogens is 570 g/mol. The highest BCUT2D eigenvalue weighted by molar-refractivity contribution is 5.99. The molecule has 2 aliphatic rings. The molecule has 2 heterocycles. The number of rotatable bonds is 11. The molecule has 2 aromatic rings. The molecular formula is C31H39N5O8. The van der Waals surface area contributed by atoms with E-state index in [4.69, 9.17) is 14.2 Å². The highest BCUT2D eigenvalue weighted by Gasteiger charge is 2.36. The van der Waals surface area contributed by atoms with Gasteiger partial charge in [-0.2, -0.15) is 0 Å². The topological polar surface area (TPSA) is 138 Å². The van der Waals surface area contributed by atoms with Gasteiger partial charge < -0.3 is 24.0 Å². The maximum absolute atomic E-state index is 13.1. The molecule has 0 radical (unpaired) electrons. The first-order valence-electron chi connectivity index (χ1n) is 14.5. The monoisotopic (exact) mass is 609 g/mol. The Morgan fingerprint density at radius 3 is 2.30 bits per heavy atom. The van der Waals surface area contributed by atoms with Crippen molar-refractivity contribution in [1.29, 1.82) is 0 Å². The zero-order valence-electron chi connectivity index (χ0n) is 25.4. The van der Waals surface area contributed by atoms with Gasteiger partial charge in [0, 0.05) is 31.5 Å². The molecule has 13 nitrogen and oxygen atoms in total. The van der Waals surface area contributed by atoms with Crippen LogP contribution in [0.5, 0.6) is 0 Å². The number of nitrogens with one attached hydrogen (secondary N) is 1. The molecule has 0 aromatic heterocycles. The van der Waals surface area contributed by atoms with Crippen molar-refractivity contribution >= 4 is 41.3 Å². The first-order chi connectivity index (χ1) is 21.0. The minimum absolute atomic E-state index is 0.0415. The van der Waals surface area contributed by atoms with Gasteiger partial charge in [0.05, 0.1) is 19.2 Å². The lowest BCUT2D eigenvalue weighted by atomic mass is 10.0. The number of anilines is 2. The van der Waals surface area contributed by atoms with Gasteiger partial charge in [0.15, 0.2) is 0 Å². The zero-order chi connectivity index (χ0) is 31.8. The SMILES string of the molecule is CC(C)[C@@H](C(=O)NC(=O)CN(C)C(=O)OCc1ccccc1)N(C)C[C@H]1CN(c2ccc(N3CCOCC3=O)cc2)C(=O)O1. The summed E-state index contributed by atoms with van der Waals surface area (Å²) in [5.41, 5.74) is 2.16. The summed E-state index contributed by atoms with van der Waals surface area (Å²) in [6.07, 6.45) is -1.73. The molecule has 0 bridgehead atoms. The van der Waals surface area contributed by atoms with E-state index in [0.29, 0.717) is 18.8 Å². The molecule has 44 heavy (non-hydrogen) atoms. The van der Waals surface area contributed by atoms with Crippen molar-refractivity contribution in [3.63, 3.8) is 0 Å². The minimum Gasteiger partial charge on any atom is -0.445 e. The van der Waals surface area contributed by atoms with Crippen molar-refractivity contribution in [3.8, 4) is 0 Å². The van der Waals surface area contributed by atoms with Gasteiger partial charge in [-0.15, -0.1) is 0 Å². The molecule has 2 atom stereocenters. The molecule has 0 unspecified atom stereocenters. The fourth-order valence-electron chi connectivity index (χ4n) is 5.24. The molecule has 0 spiro atoms. The normalized spacial score (nSPS) is 17.5. The lowest BCUT2D eigenvalue weighted by Gasteiger charge is -2.31. The first kappa shape index (κ1) is 32.4. The van der Waals surface area contributed by atoms with Crippen LogP contribution in [0.1, 0.15) is 19.4 Å². The van der Waals surface area contributed by atoms with Crippen LogP contribution in [-0.2, 0) is 35.2 Å². The highest BCUT2D eigenvalue weighted by Crippen LogP contribution is 2.26. The van der Waals surface area contributed by atoms with Crippen molar-refractivity contribution in [2.75, 3.05) is 63.3 Å². The predicted octanol–water partition coefficient (Wildman–Crippen LogP) is 2.24. The number of nitrogens with zero attached hydrogens (tertiary/aromatic N) is 4. The minimum atomic E-state index is -0.701. The van der Waals surface area contributed by atoms with Crippen LogP contribution in [-0.4, -0.2) is 105 Å². The Morgan fingerprint density at radius 1 is 1.00 bits per heavy atom. The lowest BCUT2D eigenvalue weighted by molar-refractivity contribution is -0.135. The quantitative estimate of drug-likeness (QED) is 0.407. The molecule has 0 aliphatic carbocycles. The van der Waals surface area contributed by atoms with Gasteiger partial charge in [-0.05, 0) is 42.8 Å². The van der Waals surface area contributed by atoms with E-state index in [-0.39, 0.29) is 44.7 Å². The summed E-state index contributed by atoms with van der Waals surface area (Å²) in [6.45, 7) is 4.89. The standard InChI is InChI=1S/C31H39N5O8/c1-21(2)28(29(39)32-26(37)18-34(4)30(40)43-19-22-8-6-5-7-9-22)33(3)16-25-17-36(31(41)44-25)24-12-10-23(11-13-24)35-14-15-42-20-27(35)38/h5-13,21,25,28H,14-20H2,1-4H3,(H,32,37,39)/t25-,28-/m0/s1. The van der Waals surface area contributed by atoms with Gasteiger partial charge in [0.1, 0.15) is 25.9 Å². The van der Waals surface area contributed by atoms with Gasteiger partial charge in [0.25, 0.3) is 5.91 Å². The molecule has 2 aliphatic heterocycles. The largest absolute Gasteiger partial charge is 0.445 e. The number of hydrogen-bond donors (Lipinski definition) is 1. The summed E-state index contributed by atoms with van der Waals surface area (Å²) in [6, 6.07) is 15.5. The van der Waals surface area contributed by atoms with Crippen LogP contribution in [0.2, 0.25) is 0 Å². The maximum Gasteiger partial charge on any atom is 0.414 e. The Balaban J connectivity index is 1.27. The van der Waals surface area contributed by atoms with E-state index < -0.39 is 36.1 Å². The Morgan fingerprint density at radius 2 is 1.66 bits per heavy atom. The smallest absolute Gasteiger partial charge is 0.414 e. The molecule has 2 aromatic carbocycles. The zero-order valence-corrected chi connectivity index (χ0v) is 25.4. The third-order valence-corrected chi connectivity index (χ3v) is 7.36. The molecule has 13 heteroatoms. The number of amides is 5. The van der Waals surface area contributed by atoms with Crippen molar-refractivity contribution in [3.05, 3.63) is 60.2 Å². The van der Waals surface area contributed by atoms with Crippen LogP contribution in [0.15, 0.2) is 54.6 Å². The molecule has 2 saturated heterocycles. The van der Waals surface area contributed by atoms with Crippen molar-refractivity contribution in [2.24, 2.45) is 5.92 Å². The number of cyclic esters (lactones) is 1. The van der Waals surface area contributed by atoms with E-state index in [1.54, 1.807) is 41.1 Å². The van der Waals surface area contributed by atoms with Crippen LogP contribution >= 0.6 is 0 Å². The fraction of sp³-hybridized carbons (Fsp3) is 0.452. The second-order valence-electron chi connectivity index (χ2n) is 11.2. The summed E-state index contributed by atoms with van der Waals surface area (Å²) < 4.78 is 16.0. The second-order valence-corrected chi connectivity index (χ2v) is 11.2. The summed E-state index contributed by atoms with van der Waals surface area (Å²) >= 11 is 0. The fourth-order valence-corrected chi connectivity index (χ4v) is 5.24. The molecule has 2 fully saturated rings. The van der Waals surface area contributed by atoms with Crippen LogP contribution in [0.25, 0.3) is 0 Å². The second kappa shape index (κ2) is 14.8. The Labute approximate surface area is 256 Å². The number of morpholine rings is 1. The van der Waals surface area contributed by atoms with Gasteiger partial charge in [-0.1, -0.05) is 44.2 Å². The Bertz CT molecular complexity index is 1340. The van der Waals surface area contributed by atoms with Crippen molar-refractivity contribution in [1.82, 2.24) is 15.1 Å². The van der Waals surface area contributed by atoms with E-state index in [9.17, 15) is 24.0 Å². The van der Waals surface area contributed by atoms with Gasteiger partial charge in [-0.25, -0.2) is 9.59 Å². The number of ether oxygens (including phenoxy) is 3. The molecule has 4 rings (SSSR count). The van der Waals surface area contributed by atoms with E-state index in [1.165, 1.54) is 11.9 Å². The van der Waals surface area contributed by atoms with E-state index >= 15 is 0 Å². The first-order valence-corrected chi connectivity index (χ1v) is 14.5. The average Bonchev–Trinajstić information content (AvgIpc) is 3.35. The van der Waals surface area contributed by atoms with Crippen molar-refractivity contribution in [2.45, 2.75) is 32.6 Å². The molecule has 236 valence electrons. The summed E-state index contributed by atoms with van der Waals surface area (Å²) in [5.74, 6) is -1.46. The van der Waals surface area contributed by atoms with Gasteiger partial charge in [-0.3, -0.25) is 29.5 Å². The van der Waals surface area contributed by atoms with E-state index in [0.717, 1.165) is 16.2 Å². The van der Waals surface area contributed by atoms with Crippen LogP contribution in [0, 0.1) is 5.92 Å². The number of imide groups is 1. The van der Waals surface area contributed by atoms with Gasteiger partial charge >= 0.3 is 12.2 Å². The highest BCUT2D eigenvalue weighted by atomic mass is 16.6. The number of likely N-dealkylation sites (N-methyl/N-ethyl adjacent to an activating group) is 2. The van der Waals surface area contributed by atoms with Crippen LogP contribution in [0.3, 0.4) is 0 Å². The number of carbonyl (C=O) groups is 5. The van der Waals surface area contributed by atoms with Crippen molar-refractivity contribution < 1.29 is 38.2 Å². The molecule has 5 amide bonds. The third-order valence-electron chi connectivity index (χ3n) is 7.36. The Kier molecular flexibility index (Phi) is 10.9. The predicted molar refractivity (Wildman–Crippen MR) is 161 cm³/mol. The summed E-state index contributed by atoms with van der Waals surface area (Å²) in [5, 5.41) is 2.38. The van der Waals surface area contributed by atoms with E-state index in [2.05, 4.69) is 5.32 Å². The summed E-state index contributed by atoms with van der Waals surface area (Å²) in [7, 11) is 3.14. The number of hydrogen-bond acceptors (Lipinski definition) is 9. The molecule has 0 saturated carbocycles. The number of benzene rings is 2. The number of carbonyl (C=O) groups excluding carboxylic acids is 5. The maximum atomic E-state index is 13.1. The molecule has 1 N–H and O–H groups in total. The lowest BCUT2D eigenvalue weighted by Crippen LogP contribution is -2.53. The van der Waals surface area contributed by atoms with Crippen LogP contribution in [0.4, 0.5) is 21.0 Å². The van der Waals surface area contributed by atoms with Gasteiger partial charge in [0.2, 0.25) is 11.8 Å².